The van der Waals surface area contributed by atoms with Crippen molar-refractivity contribution in [3.05, 3.63) is 42.2 Å². The molecule has 1 amide bonds. The van der Waals surface area contributed by atoms with Gasteiger partial charge in [-0.2, -0.15) is 0 Å². The van der Waals surface area contributed by atoms with Crippen molar-refractivity contribution in [1.82, 2.24) is 14.9 Å². The molecule has 0 saturated carbocycles. The minimum absolute atomic E-state index is 0.00349. The highest BCUT2D eigenvalue weighted by Gasteiger charge is 2.20. The van der Waals surface area contributed by atoms with Crippen molar-refractivity contribution < 1.29 is 9.53 Å². The van der Waals surface area contributed by atoms with Gasteiger partial charge in [0.15, 0.2) is 0 Å². The molecule has 23 heavy (non-hydrogen) atoms. The number of para-hydroxylation sites is 2. The molecular weight excluding hydrogens is 292 g/mol. The number of carbonyl (C=O) groups excluding carboxylic acids is 1. The second-order valence-electron chi connectivity index (χ2n) is 5.35. The average molecular weight is 312 g/mol. The van der Waals surface area contributed by atoms with Gasteiger partial charge in [0.25, 0.3) is 5.91 Å². The molecule has 1 aliphatic heterocycles. The number of nitrogens with one attached hydrogen (secondary N) is 1. The SMILES string of the molecule is CCOc1ccccc1Nc1ncc(C(=O)N2CCCC2)cn1. The molecule has 0 radical (unpaired) electrons. The minimum Gasteiger partial charge on any atom is -0.492 e. The highest BCUT2D eigenvalue weighted by atomic mass is 16.5. The molecule has 3 rings (SSSR count). The summed E-state index contributed by atoms with van der Waals surface area (Å²) in [7, 11) is 0. The number of carbonyl (C=O) groups is 1. The number of rotatable bonds is 5. The molecule has 1 N–H and O–H groups in total. The molecular formula is C17H20N4O2. The van der Waals surface area contributed by atoms with Crippen molar-refractivity contribution in [3.63, 3.8) is 0 Å². The zero-order chi connectivity index (χ0) is 16.1. The van der Waals surface area contributed by atoms with Gasteiger partial charge in [-0.25, -0.2) is 9.97 Å². The van der Waals surface area contributed by atoms with Crippen LogP contribution >= 0.6 is 0 Å². The maximum absolute atomic E-state index is 12.3. The van der Waals surface area contributed by atoms with Crippen LogP contribution in [0.2, 0.25) is 0 Å². The predicted octanol–water partition coefficient (Wildman–Crippen LogP) is 2.85. The Labute approximate surface area is 135 Å². The molecule has 1 aromatic heterocycles. The third kappa shape index (κ3) is 3.59. The summed E-state index contributed by atoms with van der Waals surface area (Å²) in [6.07, 6.45) is 5.28. The second-order valence-corrected chi connectivity index (χ2v) is 5.35. The predicted molar refractivity (Wildman–Crippen MR) is 88.1 cm³/mol. The number of anilines is 2. The molecule has 1 aliphatic rings. The molecule has 6 heteroatoms. The number of nitrogens with zero attached hydrogens (tertiary/aromatic N) is 3. The molecule has 1 aromatic carbocycles. The molecule has 0 unspecified atom stereocenters. The molecule has 2 aromatic rings. The molecule has 0 aliphatic carbocycles. The van der Waals surface area contributed by atoms with Crippen LogP contribution in [0, 0.1) is 0 Å². The van der Waals surface area contributed by atoms with Crippen molar-refractivity contribution in [2.75, 3.05) is 25.0 Å². The van der Waals surface area contributed by atoms with E-state index >= 15 is 0 Å². The van der Waals surface area contributed by atoms with E-state index in [1.165, 1.54) is 0 Å². The van der Waals surface area contributed by atoms with E-state index < -0.39 is 0 Å². The standard InChI is InChI=1S/C17H20N4O2/c1-2-23-15-8-4-3-7-14(15)20-17-18-11-13(12-19-17)16(22)21-9-5-6-10-21/h3-4,7-8,11-12H,2,5-6,9-10H2,1H3,(H,18,19,20). The van der Waals surface area contributed by atoms with Crippen LogP contribution in [-0.2, 0) is 0 Å². The van der Waals surface area contributed by atoms with Gasteiger partial charge in [-0.3, -0.25) is 4.79 Å². The number of ether oxygens (including phenoxy) is 1. The zero-order valence-corrected chi connectivity index (χ0v) is 13.2. The van der Waals surface area contributed by atoms with Gasteiger partial charge < -0.3 is 15.0 Å². The number of hydrogen-bond acceptors (Lipinski definition) is 5. The van der Waals surface area contributed by atoms with Gasteiger partial charge in [-0.15, -0.1) is 0 Å². The fourth-order valence-electron chi connectivity index (χ4n) is 2.58. The number of aromatic nitrogens is 2. The summed E-state index contributed by atoms with van der Waals surface area (Å²) in [5.74, 6) is 1.19. The summed E-state index contributed by atoms with van der Waals surface area (Å²) < 4.78 is 5.56. The Hall–Kier alpha value is -2.63. The first-order chi connectivity index (χ1) is 11.3. The van der Waals surface area contributed by atoms with Crippen molar-refractivity contribution in [3.8, 4) is 5.75 Å². The molecule has 0 bridgehead atoms. The minimum atomic E-state index is 0.00349. The number of likely N-dealkylation sites (tertiary alicyclic amines) is 1. The average Bonchev–Trinajstić information content (AvgIpc) is 3.11. The fraction of sp³-hybridized carbons (Fsp3) is 0.353. The van der Waals surface area contributed by atoms with Gasteiger partial charge in [-0.05, 0) is 31.9 Å². The zero-order valence-electron chi connectivity index (χ0n) is 13.2. The Morgan fingerprint density at radius 1 is 1.22 bits per heavy atom. The summed E-state index contributed by atoms with van der Waals surface area (Å²) in [5.41, 5.74) is 1.32. The largest absolute Gasteiger partial charge is 0.492 e. The smallest absolute Gasteiger partial charge is 0.256 e. The van der Waals surface area contributed by atoms with Crippen LogP contribution in [0.25, 0.3) is 0 Å². The Bertz CT molecular complexity index is 667. The Morgan fingerprint density at radius 3 is 2.61 bits per heavy atom. The monoisotopic (exact) mass is 312 g/mol. The number of benzene rings is 1. The van der Waals surface area contributed by atoms with Crippen molar-refractivity contribution in [2.24, 2.45) is 0 Å². The molecule has 2 heterocycles. The highest BCUT2D eigenvalue weighted by molar-refractivity contribution is 5.93. The summed E-state index contributed by atoms with van der Waals surface area (Å²) in [4.78, 5) is 22.6. The van der Waals surface area contributed by atoms with Crippen LogP contribution < -0.4 is 10.1 Å². The van der Waals surface area contributed by atoms with Crippen LogP contribution in [0.15, 0.2) is 36.7 Å². The van der Waals surface area contributed by atoms with Crippen LogP contribution in [0.5, 0.6) is 5.75 Å². The molecule has 1 fully saturated rings. The van der Waals surface area contributed by atoms with Crippen LogP contribution in [0.1, 0.15) is 30.1 Å². The van der Waals surface area contributed by atoms with Crippen LogP contribution in [-0.4, -0.2) is 40.5 Å². The van der Waals surface area contributed by atoms with Gasteiger partial charge in [0.05, 0.1) is 17.9 Å². The Morgan fingerprint density at radius 2 is 1.91 bits per heavy atom. The van der Waals surface area contributed by atoms with Gasteiger partial charge >= 0.3 is 0 Å². The lowest BCUT2D eigenvalue weighted by Gasteiger charge is -2.15. The maximum atomic E-state index is 12.3. The van der Waals surface area contributed by atoms with E-state index in [0.717, 1.165) is 37.4 Å². The quantitative estimate of drug-likeness (QED) is 0.919. The fourth-order valence-corrected chi connectivity index (χ4v) is 2.58. The maximum Gasteiger partial charge on any atom is 0.256 e. The van der Waals surface area contributed by atoms with E-state index in [0.29, 0.717) is 18.1 Å². The van der Waals surface area contributed by atoms with E-state index in [-0.39, 0.29) is 5.91 Å². The second kappa shape index (κ2) is 7.09. The van der Waals surface area contributed by atoms with E-state index in [1.54, 1.807) is 12.4 Å². The normalized spacial score (nSPS) is 13.9. The number of hydrogen-bond donors (Lipinski definition) is 1. The van der Waals surface area contributed by atoms with Crippen LogP contribution in [0.4, 0.5) is 11.6 Å². The van der Waals surface area contributed by atoms with E-state index in [1.807, 2.05) is 36.1 Å². The first kappa shape index (κ1) is 15.3. The third-order valence-corrected chi connectivity index (χ3v) is 3.73. The lowest BCUT2D eigenvalue weighted by atomic mass is 10.3. The van der Waals surface area contributed by atoms with E-state index in [4.69, 9.17) is 4.74 Å². The molecule has 6 nitrogen and oxygen atoms in total. The molecule has 0 atom stereocenters. The van der Waals surface area contributed by atoms with Gasteiger partial charge in [0.2, 0.25) is 5.95 Å². The third-order valence-electron chi connectivity index (χ3n) is 3.73. The number of amides is 1. The lowest BCUT2D eigenvalue weighted by molar-refractivity contribution is 0.0792. The highest BCUT2D eigenvalue weighted by Crippen LogP contribution is 2.26. The summed E-state index contributed by atoms with van der Waals surface area (Å²) in [6, 6.07) is 7.61. The molecule has 0 spiro atoms. The Kier molecular flexibility index (Phi) is 4.71. The van der Waals surface area contributed by atoms with Gasteiger partial charge in [-0.1, -0.05) is 12.1 Å². The summed E-state index contributed by atoms with van der Waals surface area (Å²) in [6.45, 7) is 4.16. The lowest BCUT2D eigenvalue weighted by Crippen LogP contribution is -2.27. The summed E-state index contributed by atoms with van der Waals surface area (Å²) >= 11 is 0. The van der Waals surface area contributed by atoms with Crippen molar-refractivity contribution >= 4 is 17.5 Å². The first-order valence-corrected chi connectivity index (χ1v) is 7.88. The van der Waals surface area contributed by atoms with Crippen LogP contribution in [0.3, 0.4) is 0 Å². The summed E-state index contributed by atoms with van der Waals surface area (Å²) in [5, 5.41) is 3.12. The topological polar surface area (TPSA) is 67.3 Å². The van der Waals surface area contributed by atoms with Gasteiger partial charge in [0.1, 0.15) is 5.75 Å². The molecule has 1 saturated heterocycles. The van der Waals surface area contributed by atoms with Gasteiger partial charge in [0, 0.05) is 25.5 Å². The molecule has 120 valence electrons. The van der Waals surface area contributed by atoms with E-state index in [9.17, 15) is 4.79 Å². The van der Waals surface area contributed by atoms with E-state index in [2.05, 4.69) is 15.3 Å². The van der Waals surface area contributed by atoms with Crippen molar-refractivity contribution in [2.45, 2.75) is 19.8 Å². The Balaban J connectivity index is 1.71. The van der Waals surface area contributed by atoms with Crippen molar-refractivity contribution in [1.29, 1.82) is 0 Å². The first-order valence-electron chi connectivity index (χ1n) is 7.88.